The SMILES string of the molecule is CNc1ccccc1S(=O)(=O)NCCCN(C)C(C)C. The topological polar surface area (TPSA) is 61.4 Å². The van der Waals surface area contributed by atoms with Crippen molar-refractivity contribution in [1.29, 1.82) is 0 Å². The first-order valence-corrected chi connectivity index (χ1v) is 8.33. The van der Waals surface area contributed by atoms with Crippen molar-refractivity contribution in [2.24, 2.45) is 0 Å². The maximum Gasteiger partial charge on any atom is 0.242 e. The number of benzene rings is 1. The minimum Gasteiger partial charge on any atom is -0.387 e. The van der Waals surface area contributed by atoms with Crippen LogP contribution in [-0.2, 0) is 10.0 Å². The number of hydrogen-bond acceptors (Lipinski definition) is 4. The van der Waals surface area contributed by atoms with Crippen molar-refractivity contribution < 1.29 is 8.42 Å². The normalized spacial score (nSPS) is 12.1. The van der Waals surface area contributed by atoms with E-state index >= 15 is 0 Å². The van der Waals surface area contributed by atoms with E-state index < -0.39 is 10.0 Å². The lowest BCUT2D eigenvalue weighted by Crippen LogP contribution is -2.31. The van der Waals surface area contributed by atoms with Crippen LogP contribution in [0.25, 0.3) is 0 Å². The van der Waals surface area contributed by atoms with Crippen LogP contribution in [0, 0.1) is 0 Å². The molecule has 1 rings (SSSR count). The van der Waals surface area contributed by atoms with Gasteiger partial charge in [0.15, 0.2) is 0 Å². The lowest BCUT2D eigenvalue weighted by molar-refractivity contribution is 0.271. The predicted octanol–water partition coefficient (Wildman–Crippen LogP) is 1.74. The molecule has 0 aliphatic carbocycles. The van der Waals surface area contributed by atoms with E-state index in [1.807, 2.05) is 13.1 Å². The Hall–Kier alpha value is -1.11. The molecule has 0 atom stereocenters. The summed E-state index contributed by atoms with van der Waals surface area (Å²) in [6.45, 7) is 5.55. The van der Waals surface area contributed by atoms with Gasteiger partial charge in [-0.15, -0.1) is 0 Å². The Kier molecular flexibility index (Phi) is 6.45. The fraction of sp³-hybridized carbons (Fsp3) is 0.571. The summed E-state index contributed by atoms with van der Waals surface area (Å²) in [5.74, 6) is 0. The van der Waals surface area contributed by atoms with Crippen molar-refractivity contribution >= 4 is 15.7 Å². The van der Waals surface area contributed by atoms with E-state index in [-0.39, 0.29) is 0 Å². The van der Waals surface area contributed by atoms with Gasteiger partial charge in [-0.2, -0.15) is 0 Å². The van der Waals surface area contributed by atoms with E-state index in [0.29, 0.717) is 23.2 Å². The summed E-state index contributed by atoms with van der Waals surface area (Å²) in [7, 11) is 0.299. The van der Waals surface area contributed by atoms with E-state index in [4.69, 9.17) is 0 Å². The Morgan fingerprint density at radius 3 is 2.50 bits per heavy atom. The third kappa shape index (κ3) is 4.77. The number of hydrogen-bond donors (Lipinski definition) is 2. The average Bonchev–Trinajstić information content (AvgIpc) is 2.43. The molecule has 0 aliphatic heterocycles. The molecule has 0 bridgehead atoms. The second kappa shape index (κ2) is 7.61. The molecule has 20 heavy (non-hydrogen) atoms. The molecule has 0 saturated carbocycles. The first-order chi connectivity index (χ1) is 9.38. The van der Waals surface area contributed by atoms with Crippen LogP contribution in [0.2, 0.25) is 0 Å². The van der Waals surface area contributed by atoms with Crippen LogP contribution < -0.4 is 10.0 Å². The second-order valence-corrected chi connectivity index (χ2v) is 6.81. The molecule has 0 radical (unpaired) electrons. The second-order valence-electron chi connectivity index (χ2n) is 5.07. The quantitative estimate of drug-likeness (QED) is 0.718. The van der Waals surface area contributed by atoms with Crippen molar-refractivity contribution in [3.63, 3.8) is 0 Å². The van der Waals surface area contributed by atoms with Gasteiger partial charge in [0.2, 0.25) is 10.0 Å². The minimum atomic E-state index is -3.45. The fourth-order valence-electron chi connectivity index (χ4n) is 1.78. The molecule has 0 amide bonds. The standard InChI is InChI=1S/C14H25N3O2S/c1-12(2)17(4)11-7-10-16-20(18,19)14-9-6-5-8-13(14)15-3/h5-6,8-9,12,15-16H,7,10-11H2,1-4H3. The summed E-state index contributed by atoms with van der Waals surface area (Å²) < 4.78 is 27.1. The summed E-state index contributed by atoms with van der Waals surface area (Å²) in [6.07, 6.45) is 0.787. The number of rotatable bonds is 8. The maximum absolute atomic E-state index is 12.2. The van der Waals surface area contributed by atoms with Gasteiger partial charge in [0.25, 0.3) is 0 Å². The van der Waals surface area contributed by atoms with E-state index in [1.54, 1.807) is 25.2 Å². The minimum absolute atomic E-state index is 0.291. The zero-order valence-corrected chi connectivity index (χ0v) is 13.5. The Bertz CT molecular complexity index is 515. The van der Waals surface area contributed by atoms with Gasteiger partial charge in [-0.25, -0.2) is 13.1 Å². The number of nitrogens with one attached hydrogen (secondary N) is 2. The highest BCUT2D eigenvalue weighted by molar-refractivity contribution is 7.89. The third-order valence-electron chi connectivity index (χ3n) is 3.31. The fourth-order valence-corrected chi connectivity index (χ4v) is 3.06. The Balaban J connectivity index is 2.58. The smallest absolute Gasteiger partial charge is 0.242 e. The maximum atomic E-state index is 12.2. The van der Waals surface area contributed by atoms with Crippen molar-refractivity contribution in [3.8, 4) is 0 Å². The largest absolute Gasteiger partial charge is 0.387 e. The van der Waals surface area contributed by atoms with Crippen molar-refractivity contribution in [2.75, 3.05) is 32.5 Å². The monoisotopic (exact) mass is 299 g/mol. The lowest BCUT2D eigenvalue weighted by Gasteiger charge is -2.20. The molecule has 0 aromatic heterocycles. The summed E-state index contributed by atoms with van der Waals surface area (Å²) in [5, 5.41) is 2.90. The molecular formula is C14H25N3O2S. The van der Waals surface area contributed by atoms with Crippen LogP contribution in [0.4, 0.5) is 5.69 Å². The van der Waals surface area contributed by atoms with Gasteiger partial charge >= 0.3 is 0 Å². The molecule has 0 heterocycles. The van der Waals surface area contributed by atoms with Gasteiger partial charge in [-0.1, -0.05) is 12.1 Å². The van der Waals surface area contributed by atoms with Crippen LogP contribution in [0.3, 0.4) is 0 Å². The molecule has 1 aromatic rings. The average molecular weight is 299 g/mol. The molecule has 114 valence electrons. The van der Waals surface area contributed by atoms with E-state index in [9.17, 15) is 8.42 Å². The highest BCUT2D eigenvalue weighted by atomic mass is 32.2. The molecule has 1 aromatic carbocycles. The molecule has 0 unspecified atom stereocenters. The summed E-state index contributed by atoms with van der Waals surface area (Å²) in [5.41, 5.74) is 0.610. The number of para-hydroxylation sites is 1. The van der Waals surface area contributed by atoms with Crippen molar-refractivity contribution in [1.82, 2.24) is 9.62 Å². The zero-order valence-electron chi connectivity index (χ0n) is 12.7. The highest BCUT2D eigenvalue weighted by Crippen LogP contribution is 2.19. The first-order valence-electron chi connectivity index (χ1n) is 6.85. The Labute approximate surface area is 122 Å². The van der Waals surface area contributed by atoms with Crippen LogP contribution in [0.5, 0.6) is 0 Å². The molecule has 0 spiro atoms. The molecule has 6 heteroatoms. The van der Waals surface area contributed by atoms with Gasteiger partial charge in [0, 0.05) is 19.6 Å². The predicted molar refractivity (Wildman–Crippen MR) is 83.6 cm³/mol. The molecule has 0 aliphatic rings. The van der Waals surface area contributed by atoms with Gasteiger partial charge in [0.1, 0.15) is 4.90 Å². The number of nitrogens with zero attached hydrogens (tertiary/aromatic N) is 1. The lowest BCUT2D eigenvalue weighted by atomic mass is 10.3. The third-order valence-corrected chi connectivity index (χ3v) is 4.83. The summed E-state index contributed by atoms with van der Waals surface area (Å²) >= 11 is 0. The summed E-state index contributed by atoms with van der Waals surface area (Å²) in [4.78, 5) is 2.48. The molecule has 0 fully saturated rings. The number of anilines is 1. The van der Waals surface area contributed by atoms with Crippen molar-refractivity contribution in [3.05, 3.63) is 24.3 Å². The van der Waals surface area contributed by atoms with Crippen molar-refractivity contribution in [2.45, 2.75) is 31.2 Å². The van der Waals surface area contributed by atoms with Crippen LogP contribution >= 0.6 is 0 Å². The molecular weight excluding hydrogens is 274 g/mol. The van der Waals surface area contributed by atoms with Crippen LogP contribution in [-0.4, -0.2) is 46.5 Å². The van der Waals surface area contributed by atoms with E-state index in [2.05, 4.69) is 28.8 Å². The van der Waals surface area contributed by atoms with E-state index in [0.717, 1.165) is 13.0 Å². The highest BCUT2D eigenvalue weighted by Gasteiger charge is 2.16. The summed E-state index contributed by atoms with van der Waals surface area (Å²) in [6, 6.07) is 7.36. The van der Waals surface area contributed by atoms with Crippen LogP contribution in [0.15, 0.2) is 29.2 Å². The van der Waals surface area contributed by atoms with E-state index in [1.165, 1.54) is 0 Å². The number of sulfonamides is 1. The Morgan fingerprint density at radius 1 is 1.25 bits per heavy atom. The first kappa shape index (κ1) is 16.9. The van der Waals surface area contributed by atoms with Gasteiger partial charge in [-0.05, 0) is 46.0 Å². The molecule has 5 nitrogen and oxygen atoms in total. The van der Waals surface area contributed by atoms with Gasteiger partial charge in [0.05, 0.1) is 5.69 Å². The Morgan fingerprint density at radius 2 is 1.90 bits per heavy atom. The zero-order chi connectivity index (χ0) is 15.2. The van der Waals surface area contributed by atoms with Crippen LogP contribution in [0.1, 0.15) is 20.3 Å². The van der Waals surface area contributed by atoms with Gasteiger partial charge in [-0.3, -0.25) is 0 Å². The molecule has 2 N–H and O–H groups in total. The molecule has 0 saturated heterocycles. The van der Waals surface area contributed by atoms with Gasteiger partial charge < -0.3 is 10.2 Å².